The fourth-order valence-electron chi connectivity index (χ4n) is 3.94. The van der Waals surface area contributed by atoms with Gasteiger partial charge in [-0.1, -0.05) is 56.1 Å². The van der Waals surface area contributed by atoms with Gasteiger partial charge < -0.3 is 9.67 Å². The number of aromatic nitrogens is 1. The fraction of sp³-hybridized carbons (Fsp3) is 0.0435. The molecule has 0 saturated carbocycles. The van der Waals surface area contributed by atoms with E-state index in [2.05, 4.69) is 48.6 Å². The van der Waals surface area contributed by atoms with Crippen LogP contribution in [0.3, 0.4) is 0 Å². The fourth-order valence-corrected chi connectivity index (χ4v) is 4.66. The molecule has 1 aliphatic rings. The third kappa shape index (κ3) is 2.55. The predicted molar refractivity (Wildman–Crippen MR) is 115 cm³/mol. The molecule has 4 aromatic rings. The van der Waals surface area contributed by atoms with Gasteiger partial charge >= 0.3 is 0 Å². The Bertz CT molecular complexity index is 1100. The highest BCUT2D eigenvalue weighted by molar-refractivity contribution is 9.10. The van der Waals surface area contributed by atoms with E-state index in [1.165, 1.54) is 0 Å². The number of hydrogen-bond donors (Lipinski definition) is 1. The maximum atomic E-state index is 12.0. The normalized spacial score (nSPS) is 14.0. The zero-order valence-corrected chi connectivity index (χ0v) is 17.4. The van der Waals surface area contributed by atoms with Gasteiger partial charge in [-0.3, -0.25) is 0 Å². The monoisotopic (exact) mass is 479 g/mol. The zero-order chi connectivity index (χ0) is 18.6. The van der Waals surface area contributed by atoms with Gasteiger partial charge in [0.25, 0.3) is 0 Å². The van der Waals surface area contributed by atoms with Crippen LogP contribution in [0.2, 0.25) is 0 Å². The highest BCUT2D eigenvalue weighted by Gasteiger charge is 2.43. The molecule has 2 nitrogen and oxygen atoms in total. The number of hydrogen-bond acceptors (Lipinski definition) is 1. The molecule has 132 valence electrons. The molecule has 4 heteroatoms. The number of benzene rings is 3. The van der Waals surface area contributed by atoms with Crippen LogP contribution in [-0.4, -0.2) is 9.67 Å². The van der Waals surface area contributed by atoms with Crippen LogP contribution in [0.15, 0.2) is 94.1 Å². The number of fused-ring (bicyclic) bond motifs is 3. The third-order valence-corrected chi connectivity index (χ3v) is 6.21. The molecule has 0 saturated heterocycles. The summed E-state index contributed by atoms with van der Waals surface area (Å²) in [6.07, 6.45) is 4.02. The topological polar surface area (TPSA) is 25.2 Å². The van der Waals surface area contributed by atoms with Gasteiger partial charge in [0.2, 0.25) is 0 Å². The number of aliphatic hydroxyl groups is 1. The largest absolute Gasteiger partial charge is 0.376 e. The first-order chi connectivity index (χ1) is 13.1. The molecule has 0 aliphatic heterocycles. The minimum atomic E-state index is -1.19. The quantitative estimate of drug-likeness (QED) is 0.359. The minimum Gasteiger partial charge on any atom is -0.376 e. The first-order valence-corrected chi connectivity index (χ1v) is 10.2. The van der Waals surface area contributed by atoms with Crippen molar-refractivity contribution in [3.05, 3.63) is 111 Å². The van der Waals surface area contributed by atoms with Crippen molar-refractivity contribution in [1.29, 1.82) is 0 Å². The summed E-state index contributed by atoms with van der Waals surface area (Å²) in [5.74, 6) is 0. The lowest BCUT2D eigenvalue weighted by atomic mass is 9.84. The summed E-state index contributed by atoms with van der Waals surface area (Å²) in [4.78, 5) is 0. The standard InChI is InChI=1S/C23H15Br2NO/c24-16-5-9-19-20-10-6-17(25)14-22(20)23(27,21(19)13-16)15-3-7-18(8-4-15)26-11-1-2-12-26/h1-14,27H. The van der Waals surface area contributed by atoms with Crippen LogP contribution < -0.4 is 0 Å². The molecule has 1 aromatic heterocycles. The molecule has 0 radical (unpaired) electrons. The summed E-state index contributed by atoms with van der Waals surface area (Å²) in [6.45, 7) is 0. The Labute approximate surface area is 174 Å². The summed E-state index contributed by atoms with van der Waals surface area (Å²) in [6, 6.07) is 24.3. The lowest BCUT2D eigenvalue weighted by molar-refractivity contribution is 0.130. The molecule has 5 rings (SSSR count). The van der Waals surface area contributed by atoms with Crippen molar-refractivity contribution >= 4 is 31.9 Å². The summed E-state index contributed by atoms with van der Waals surface area (Å²) < 4.78 is 3.96. The van der Waals surface area contributed by atoms with Crippen LogP contribution in [-0.2, 0) is 5.60 Å². The Morgan fingerprint density at radius 1 is 0.704 bits per heavy atom. The van der Waals surface area contributed by atoms with Crippen molar-refractivity contribution in [2.75, 3.05) is 0 Å². The van der Waals surface area contributed by atoms with Crippen LogP contribution in [0.1, 0.15) is 16.7 Å². The first kappa shape index (κ1) is 17.0. The smallest absolute Gasteiger partial charge is 0.141 e. The van der Waals surface area contributed by atoms with Gasteiger partial charge in [0, 0.05) is 38.2 Å². The molecule has 1 aliphatic carbocycles. The van der Waals surface area contributed by atoms with Crippen molar-refractivity contribution in [2.24, 2.45) is 0 Å². The lowest BCUT2D eigenvalue weighted by Gasteiger charge is -2.27. The van der Waals surface area contributed by atoms with E-state index in [0.29, 0.717) is 0 Å². The second kappa shape index (κ2) is 6.20. The number of nitrogens with zero attached hydrogens (tertiary/aromatic N) is 1. The van der Waals surface area contributed by atoms with Crippen LogP contribution in [0, 0.1) is 0 Å². The maximum Gasteiger partial charge on any atom is 0.141 e. The summed E-state index contributed by atoms with van der Waals surface area (Å²) in [7, 11) is 0. The molecule has 0 amide bonds. The molecule has 0 unspecified atom stereocenters. The van der Waals surface area contributed by atoms with Crippen LogP contribution in [0.5, 0.6) is 0 Å². The van der Waals surface area contributed by atoms with Gasteiger partial charge in [-0.2, -0.15) is 0 Å². The molecule has 27 heavy (non-hydrogen) atoms. The molecule has 0 fully saturated rings. The lowest BCUT2D eigenvalue weighted by Crippen LogP contribution is -2.26. The van der Waals surface area contributed by atoms with E-state index < -0.39 is 5.60 Å². The SMILES string of the molecule is OC1(c2ccc(-n3cccc3)cc2)c2cc(Br)ccc2-c2ccc(Br)cc21. The van der Waals surface area contributed by atoms with Gasteiger partial charge in [0.15, 0.2) is 0 Å². The highest BCUT2D eigenvalue weighted by atomic mass is 79.9. The number of rotatable bonds is 2. The van der Waals surface area contributed by atoms with Gasteiger partial charge in [-0.05, 0) is 65.2 Å². The molecule has 1 heterocycles. The molecule has 0 atom stereocenters. The highest BCUT2D eigenvalue weighted by Crippen LogP contribution is 2.52. The van der Waals surface area contributed by atoms with Crippen LogP contribution in [0.4, 0.5) is 0 Å². The number of halogens is 2. The Morgan fingerprint density at radius 3 is 1.74 bits per heavy atom. The average molecular weight is 481 g/mol. The molecule has 0 spiro atoms. The first-order valence-electron chi connectivity index (χ1n) is 8.64. The van der Waals surface area contributed by atoms with E-state index in [9.17, 15) is 5.11 Å². The zero-order valence-electron chi connectivity index (χ0n) is 14.2. The maximum absolute atomic E-state index is 12.0. The van der Waals surface area contributed by atoms with E-state index in [1.54, 1.807) is 0 Å². The van der Waals surface area contributed by atoms with E-state index in [4.69, 9.17) is 0 Å². The van der Waals surface area contributed by atoms with E-state index in [-0.39, 0.29) is 0 Å². The summed E-state index contributed by atoms with van der Waals surface area (Å²) >= 11 is 7.12. The van der Waals surface area contributed by atoms with Gasteiger partial charge in [-0.25, -0.2) is 0 Å². The van der Waals surface area contributed by atoms with Crippen molar-refractivity contribution < 1.29 is 5.11 Å². The van der Waals surface area contributed by atoms with Crippen LogP contribution >= 0.6 is 31.9 Å². The average Bonchev–Trinajstić information content (AvgIpc) is 3.29. The van der Waals surface area contributed by atoms with Crippen LogP contribution in [0.25, 0.3) is 16.8 Å². The second-order valence-corrected chi connectivity index (χ2v) is 8.56. The molecule has 3 aromatic carbocycles. The Morgan fingerprint density at radius 2 is 1.22 bits per heavy atom. The predicted octanol–water partition coefficient (Wildman–Crippen LogP) is 6.27. The van der Waals surface area contributed by atoms with Crippen molar-refractivity contribution in [3.8, 4) is 16.8 Å². The molecular weight excluding hydrogens is 466 g/mol. The molecule has 1 N–H and O–H groups in total. The van der Waals surface area contributed by atoms with E-state index in [1.807, 2.05) is 73.1 Å². The van der Waals surface area contributed by atoms with E-state index in [0.717, 1.165) is 42.5 Å². The molecular formula is C23H15Br2NO. The van der Waals surface area contributed by atoms with Gasteiger partial charge in [0.05, 0.1) is 0 Å². The Balaban J connectivity index is 1.73. The summed E-state index contributed by atoms with van der Waals surface area (Å²) in [5, 5.41) is 12.0. The Hall–Kier alpha value is -2.14. The van der Waals surface area contributed by atoms with Crippen molar-refractivity contribution in [3.63, 3.8) is 0 Å². The van der Waals surface area contributed by atoms with Gasteiger partial charge in [-0.15, -0.1) is 0 Å². The minimum absolute atomic E-state index is 0.856. The third-order valence-electron chi connectivity index (χ3n) is 5.22. The van der Waals surface area contributed by atoms with Gasteiger partial charge in [0.1, 0.15) is 5.60 Å². The van der Waals surface area contributed by atoms with Crippen molar-refractivity contribution in [1.82, 2.24) is 4.57 Å². The molecule has 0 bridgehead atoms. The van der Waals surface area contributed by atoms with Crippen molar-refractivity contribution in [2.45, 2.75) is 5.60 Å². The van der Waals surface area contributed by atoms with E-state index >= 15 is 0 Å². The Kier molecular flexibility index (Phi) is 3.90. The second-order valence-electron chi connectivity index (χ2n) is 6.73. The summed E-state index contributed by atoms with van der Waals surface area (Å²) in [5.41, 5.74) is 4.67.